The summed E-state index contributed by atoms with van der Waals surface area (Å²) in [4.78, 5) is 1.45. The summed E-state index contributed by atoms with van der Waals surface area (Å²) in [7, 11) is 0. The lowest BCUT2D eigenvalue weighted by atomic mass is 9.93. The van der Waals surface area contributed by atoms with Crippen LogP contribution in [0.15, 0.2) is 15.9 Å². The second-order valence-electron chi connectivity index (χ2n) is 3.74. The summed E-state index contributed by atoms with van der Waals surface area (Å²) < 4.78 is 1.25. The normalized spacial score (nSPS) is 13.4. The SMILES string of the molecule is CCNC(c1sccc1Br)C(CC)CC. The Morgan fingerprint density at radius 3 is 2.40 bits per heavy atom. The van der Waals surface area contributed by atoms with E-state index in [9.17, 15) is 0 Å². The van der Waals surface area contributed by atoms with E-state index in [-0.39, 0.29) is 0 Å². The van der Waals surface area contributed by atoms with Crippen LogP contribution in [-0.4, -0.2) is 6.54 Å². The van der Waals surface area contributed by atoms with Crippen LogP contribution in [0.3, 0.4) is 0 Å². The third kappa shape index (κ3) is 3.30. The Hall–Kier alpha value is 0.140. The van der Waals surface area contributed by atoms with Crippen molar-refractivity contribution in [2.24, 2.45) is 5.92 Å². The number of hydrogen-bond acceptors (Lipinski definition) is 2. The molecule has 0 saturated heterocycles. The molecule has 1 nitrogen and oxygen atoms in total. The van der Waals surface area contributed by atoms with Crippen LogP contribution in [0.2, 0.25) is 0 Å². The van der Waals surface area contributed by atoms with Crippen molar-refractivity contribution in [2.45, 2.75) is 39.7 Å². The van der Waals surface area contributed by atoms with Crippen LogP contribution >= 0.6 is 27.3 Å². The van der Waals surface area contributed by atoms with Gasteiger partial charge in [-0.05, 0) is 39.8 Å². The summed E-state index contributed by atoms with van der Waals surface area (Å²) in [5.74, 6) is 0.736. The summed E-state index contributed by atoms with van der Waals surface area (Å²) >= 11 is 5.48. The number of nitrogens with one attached hydrogen (secondary N) is 1. The van der Waals surface area contributed by atoms with Crippen molar-refractivity contribution in [3.05, 3.63) is 20.8 Å². The molecule has 1 unspecified atom stereocenters. The van der Waals surface area contributed by atoms with Crippen LogP contribution < -0.4 is 5.32 Å². The summed E-state index contributed by atoms with van der Waals surface area (Å²) in [6, 6.07) is 2.66. The highest BCUT2D eigenvalue weighted by atomic mass is 79.9. The Morgan fingerprint density at radius 1 is 1.33 bits per heavy atom. The van der Waals surface area contributed by atoms with Crippen LogP contribution in [0.25, 0.3) is 0 Å². The van der Waals surface area contributed by atoms with Gasteiger partial charge in [0.1, 0.15) is 0 Å². The highest BCUT2D eigenvalue weighted by Crippen LogP contribution is 2.35. The monoisotopic (exact) mass is 289 g/mol. The molecule has 15 heavy (non-hydrogen) atoms. The van der Waals surface area contributed by atoms with Gasteiger partial charge >= 0.3 is 0 Å². The van der Waals surface area contributed by atoms with Gasteiger partial charge in [0.15, 0.2) is 0 Å². The molecule has 1 atom stereocenters. The molecular formula is C12H20BrNS. The Bertz CT molecular complexity index is 281. The van der Waals surface area contributed by atoms with Crippen LogP contribution in [0, 0.1) is 5.92 Å². The Labute approximate surface area is 105 Å². The van der Waals surface area contributed by atoms with Gasteiger partial charge in [-0.25, -0.2) is 0 Å². The van der Waals surface area contributed by atoms with E-state index in [1.54, 1.807) is 0 Å². The van der Waals surface area contributed by atoms with Gasteiger partial charge < -0.3 is 5.32 Å². The second-order valence-corrected chi connectivity index (χ2v) is 5.55. The van der Waals surface area contributed by atoms with E-state index < -0.39 is 0 Å². The molecule has 0 aliphatic heterocycles. The standard InChI is InChI=1S/C12H20BrNS/c1-4-9(5-2)11(14-6-3)12-10(13)7-8-15-12/h7-9,11,14H,4-6H2,1-3H3. The first-order valence-electron chi connectivity index (χ1n) is 5.70. The zero-order valence-corrected chi connectivity index (χ0v) is 12.1. The molecule has 1 aromatic rings. The van der Waals surface area contributed by atoms with E-state index in [2.05, 4.69) is 53.5 Å². The molecule has 0 amide bonds. The zero-order chi connectivity index (χ0) is 11.3. The van der Waals surface area contributed by atoms with Crippen molar-refractivity contribution in [1.82, 2.24) is 5.32 Å². The lowest BCUT2D eigenvalue weighted by molar-refractivity contribution is 0.350. The van der Waals surface area contributed by atoms with Gasteiger partial charge in [0.2, 0.25) is 0 Å². The number of rotatable bonds is 6. The average Bonchev–Trinajstić information content (AvgIpc) is 2.65. The lowest BCUT2D eigenvalue weighted by Crippen LogP contribution is -2.27. The molecule has 0 spiro atoms. The molecule has 1 heterocycles. The summed E-state index contributed by atoms with van der Waals surface area (Å²) in [5.41, 5.74) is 0. The maximum Gasteiger partial charge on any atom is 0.0454 e. The fourth-order valence-corrected chi connectivity index (χ4v) is 3.77. The molecule has 0 saturated carbocycles. The molecule has 0 radical (unpaired) electrons. The van der Waals surface area contributed by atoms with Crippen LogP contribution in [0.5, 0.6) is 0 Å². The Morgan fingerprint density at radius 2 is 2.00 bits per heavy atom. The fraction of sp³-hybridized carbons (Fsp3) is 0.667. The molecular weight excluding hydrogens is 270 g/mol. The van der Waals surface area contributed by atoms with Gasteiger partial charge in [-0.3, -0.25) is 0 Å². The highest BCUT2D eigenvalue weighted by Gasteiger charge is 2.22. The second kappa shape index (κ2) is 6.66. The quantitative estimate of drug-likeness (QED) is 0.807. The predicted octanol–water partition coefficient (Wildman–Crippen LogP) is 4.60. The summed E-state index contributed by atoms with van der Waals surface area (Å²) in [6.07, 6.45) is 2.47. The maximum atomic E-state index is 3.63. The predicted molar refractivity (Wildman–Crippen MR) is 72.5 cm³/mol. The van der Waals surface area contributed by atoms with Crippen molar-refractivity contribution < 1.29 is 0 Å². The average molecular weight is 290 g/mol. The minimum atomic E-state index is 0.513. The van der Waals surface area contributed by atoms with Crippen LogP contribution in [-0.2, 0) is 0 Å². The van der Waals surface area contributed by atoms with Crippen LogP contribution in [0.4, 0.5) is 0 Å². The van der Waals surface area contributed by atoms with E-state index in [1.807, 2.05) is 11.3 Å². The first-order chi connectivity index (χ1) is 7.24. The molecule has 0 aliphatic carbocycles. The van der Waals surface area contributed by atoms with E-state index in [4.69, 9.17) is 0 Å². The number of halogens is 1. The third-order valence-electron chi connectivity index (χ3n) is 2.87. The minimum Gasteiger partial charge on any atom is -0.309 e. The molecule has 0 fully saturated rings. The lowest BCUT2D eigenvalue weighted by Gasteiger charge is -2.25. The van der Waals surface area contributed by atoms with Gasteiger partial charge in [-0.15, -0.1) is 11.3 Å². The fourth-order valence-electron chi connectivity index (χ4n) is 1.98. The van der Waals surface area contributed by atoms with E-state index in [0.29, 0.717) is 6.04 Å². The smallest absolute Gasteiger partial charge is 0.0454 e. The molecule has 3 heteroatoms. The van der Waals surface area contributed by atoms with Crippen LogP contribution in [0.1, 0.15) is 44.5 Å². The van der Waals surface area contributed by atoms with Gasteiger partial charge in [0.25, 0.3) is 0 Å². The van der Waals surface area contributed by atoms with Gasteiger partial charge in [-0.2, -0.15) is 0 Å². The number of thiophene rings is 1. The molecule has 0 aliphatic rings. The Balaban J connectivity index is 2.86. The molecule has 0 aromatic carbocycles. The molecule has 0 bridgehead atoms. The molecule has 1 N–H and O–H groups in total. The van der Waals surface area contributed by atoms with E-state index >= 15 is 0 Å². The molecule has 1 rings (SSSR count). The summed E-state index contributed by atoms with van der Waals surface area (Å²) in [5, 5.41) is 5.77. The summed E-state index contributed by atoms with van der Waals surface area (Å²) in [6.45, 7) is 7.77. The number of hydrogen-bond donors (Lipinski definition) is 1. The van der Waals surface area contributed by atoms with E-state index in [1.165, 1.54) is 22.2 Å². The zero-order valence-electron chi connectivity index (χ0n) is 9.72. The topological polar surface area (TPSA) is 12.0 Å². The first kappa shape index (κ1) is 13.2. The van der Waals surface area contributed by atoms with Gasteiger partial charge in [-0.1, -0.05) is 33.6 Å². The minimum absolute atomic E-state index is 0.513. The van der Waals surface area contributed by atoms with Crippen molar-refractivity contribution in [2.75, 3.05) is 6.54 Å². The molecule has 1 aromatic heterocycles. The Kier molecular flexibility index (Phi) is 5.87. The molecule has 86 valence electrons. The van der Waals surface area contributed by atoms with Crippen molar-refractivity contribution in [3.63, 3.8) is 0 Å². The van der Waals surface area contributed by atoms with Gasteiger partial charge in [0, 0.05) is 15.4 Å². The van der Waals surface area contributed by atoms with Crippen molar-refractivity contribution >= 4 is 27.3 Å². The van der Waals surface area contributed by atoms with Crippen molar-refractivity contribution in [3.8, 4) is 0 Å². The first-order valence-corrected chi connectivity index (χ1v) is 7.38. The van der Waals surface area contributed by atoms with Crippen molar-refractivity contribution in [1.29, 1.82) is 0 Å². The highest BCUT2D eigenvalue weighted by molar-refractivity contribution is 9.10. The maximum absolute atomic E-state index is 3.63. The van der Waals surface area contributed by atoms with Gasteiger partial charge in [0.05, 0.1) is 0 Å². The largest absolute Gasteiger partial charge is 0.309 e. The third-order valence-corrected chi connectivity index (χ3v) is 4.83. The van der Waals surface area contributed by atoms with E-state index in [0.717, 1.165) is 12.5 Å².